The van der Waals surface area contributed by atoms with E-state index in [4.69, 9.17) is 10.5 Å². The Labute approximate surface area is 140 Å². The van der Waals surface area contributed by atoms with Crippen LogP contribution in [-0.4, -0.2) is 38.6 Å². The minimum absolute atomic E-state index is 0.190. The molecule has 0 radical (unpaired) electrons. The van der Waals surface area contributed by atoms with Gasteiger partial charge in [0.25, 0.3) is 0 Å². The van der Waals surface area contributed by atoms with E-state index in [0.717, 1.165) is 5.82 Å². The summed E-state index contributed by atoms with van der Waals surface area (Å²) in [5.74, 6) is 0.889. The molecule has 0 aromatic carbocycles. The second-order valence-electron chi connectivity index (χ2n) is 5.83. The Morgan fingerprint density at radius 3 is 2.79 bits per heavy atom. The summed E-state index contributed by atoms with van der Waals surface area (Å²) in [5.41, 5.74) is 6.20. The van der Waals surface area contributed by atoms with Gasteiger partial charge in [-0.15, -0.1) is 10.2 Å². The van der Waals surface area contributed by atoms with E-state index in [9.17, 15) is 4.79 Å². The van der Waals surface area contributed by atoms with Gasteiger partial charge in [0.2, 0.25) is 0 Å². The summed E-state index contributed by atoms with van der Waals surface area (Å²) in [6.07, 6.45) is 7.53. The number of anilines is 2. The molecule has 1 fully saturated rings. The van der Waals surface area contributed by atoms with E-state index >= 15 is 0 Å². The summed E-state index contributed by atoms with van der Waals surface area (Å²) in [6.45, 7) is 2.02. The Bertz CT molecular complexity index is 691. The van der Waals surface area contributed by atoms with Crippen LogP contribution in [-0.2, 0) is 4.74 Å². The Morgan fingerprint density at radius 1 is 1.33 bits per heavy atom. The van der Waals surface area contributed by atoms with Crippen molar-refractivity contribution in [1.82, 2.24) is 20.0 Å². The van der Waals surface area contributed by atoms with Crippen LogP contribution in [0, 0.1) is 0 Å². The normalized spacial score (nSPS) is 15.2. The van der Waals surface area contributed by atoms with Gasteiger partial charge in [-0.2, -0.15) is 9.78 Å². The molecule has 0 atom stereocenters. The molecule has 0 bridgehead atoms. The Kier molecular flexibility index (Phi) is 4.93. The number of hydrogen-bond acceptors (Lipinski definition) is 7. The number of rotatable bonds is 5. The summed E-state index contributed by atoms with van der Waals surface area (Å²) in [5, 5.41) is 15.8. The smallest absolute Gasteiger partial charge is 0.343 e. The zero-order valence-corrected chi connectivity index (χ0v) is 13.7. The number of nitrogens with two attached hydrogens (primary N) is 1. The maximum Gasteiger partial charge on any atom is 0.343 e. The lowest BCUT2D eigenvalue weighted by Gasteiger charge is -2.22. The molecule has 0 amide bonds. The van der Waals surface area contributed by atoms with Gasteiger partial charge in [0.1, 0.15) is 17.2 Å². The highest BCUT2D eigenvalue weighted by Crippen LogP contribution is 2.21. The highest BCUT2D eigenvalue weighted by molar-refractivity contribution is 5.94. The van der Waals surface area contributed by atoms with Gasteiger partial charge in [0.15, 0.2) is 5.82 Å². The van der Waals surface area contributed by atoms with Gasteiger partial charge in [0, 0.05) is 6.04 Å². The minimum Gasteiger partial charge on any atom is -0.462 e. The van der Waals surface area contributed by atoms with Crippen molar-refractivity contribution in [1.29, 1.82) is 0 Å². The average Bonchev–Trinajstić information content (AvgIpc) is 2.98. The molecule has 2 heterocycles. The van der Waals surface area contributed by atoms with Crippen LogP contribution in [0.5, 0.6) is 0 Å². The number of carbonyl (C=O) groups excluding carboxylic acids is 1. The van der Waals surface area contributed by atoms with Gasteiger partial charge in [-0.25, -0.2) is 4.79 Å². The van der Waals surface area contributed by atoms with Crippen molar-refractivity contribution in [3.8, 4) is 5.82 Å². The standard InChI is InChI=1S/C16H22N6O2/c1-2-24-16(23)12-10-18-22(15(12)17)14-9-8-13(20-21-14)19-11-6-4-3-5-7-11/h8-11H,2-7,17H2,1H3,(H,19,20). The van der Waals surface area contributed by atoms with E-state index in [0.29, 0.717) is 11.9 Å². The average molecular weight is 330 g/mol. The molecule has 8 nitrogen and oxygen atoms in total. The number of nitrogen functional groups attached to an aromatic ring is 1. The third kappa shape index (κ3) is 3.47. The monoisotopic (exact) mass is 330 g/mol. The van der Waals surface area contributed by atoms with Crippen LogP contribution in [0.4, 0.5) is 11.6 Å². The molecule has 3 rings (SSSR count). The van der Waals surface area contributed by atoms with E-state index < -0.39 is 5.97 Å². The van der Waals surface area contributed by atoms with Crippen molar-refractivity contribution < 1.29 is 9.53 Å². The molecular weight excluding hydrogens is 308 g/mol. The van der Waals surface area contributed by atoms with Crippen LogP contribution in [0.1, 0.15) is 49.4 Å². The largest absolute Gasteiger partial charge is 0.462 e. The van der Waals surface area contributed by atoms with Gasteiger partial charge in [0.05, 0.1) is 12.8 Å². The molecule has 0 spiro atoms. The first-order chi connectivity index (χ1) is 11.7. The molecule has 0 saturated heterocycles. The van der Waals surface area contributed by atoms with Gasteiger partial charge in [-0.1, -0.05) is 19.3 Å². The van der Waals surface area contributed by atoms with Gasteiger partial charge < -0.3 is 15.8 Å². The van der Waals surface area contributed by atoms with Crippen molar-refractivity contribution in [2.24, 2.45) is 0 Å². The summed E-state index contributed by atoms with van der Waals surface area (Å²) in [7, 11) is 0. The fraction of sp³-hybridized carbons (Fsp3) is 0.500. The maximum absolute atomic E-state index is 11.8. The first kappa shape index (κ1) is 16.2. The predicted molar refractivity (Wildman–Crippen MR) is 90.0 cm³/mol. The lowest BCUT2D eigenvalue weighted by molar-refractivity contribution is 0.0527. The van der Waals surface area contributed by atoms with E-state index in [1.807, 2.05) is 6.07 Å². The lowest BCUT2D eigenvalue weighted by atomic mass is 9.95. The quantitative estimate of drug-likeness (QED) is 0.809. The highest BCUT2D eigenvalue weighted by atomic mass is 16.5. The molecule has 1 aliphatic rings. The number of carbonyl (C=O) groups is 1. The van der Waals surface area contributed by atoms with Crippen LogP contribution in [0.2, 0.25) is 0 Å². The number of aromatic nitrogens is 4. The zero-order chi connectivity index (χ0) is 16.9. The molecule has 0 unspecified atom stereocenters. The van der Waals surface area contributed by atoms with Crippen LogP contribution in [0.15, 0.2) is 18.3 Å². The molecule has 2 aromatic heterocycles. The summed E-state index contributed by atoms with van der Waals surface area (Å²) in [6, 6.07) is 4.09. The topological polar surface area (TPSA) is 108 Å². The number of esters is 1. The van der Waals surface area contributed by atoms with Crippen molar-refractivity contribution >= 4 is 17.6 Å². The molecule has 1 saturated carbocycles. The van der Waals surface area contributed by atoms with Gasteiger partial charge >= 0.3 is 5.97 Å². The van der Waals surface area contributed by atoms with Crippen LogP contribution in [0.25, 0.3) is 5.82 Å². The molecule has 0 aliphatic heterocycles. The number of nitrogens with zero attached hydrogens (tertiary/aromatic N) is 4. The molecule has 2 aromatic rings. The maximum atomic E-state index is 11.8. The predicted octanol–water partition coefficient (Wildman–Crippen LogP) is 2.17. The van der Waals surface area contributed by atoms with Crippen LogP contribution in [0.3, 0.4) is 0 Å². The molecule has 1 aliphatic carbocycles. The van der Waals surface area contributed by atoms with Crippen molar-refractivity contribution in [3.05, 3.63) is 23.9 Å². The van der Waals surface area contributed by atoms with Crippen molar-refractivity contribution in [3.63, 3.8) is 0 Å². The second-order valence-corrected chi connectivity index (χ2v) is 5.83. The van der Waals surface area contributed by atoms with E-state index in [1.165, 1.54) is 43.0 Å². The lowest BCUT2D eigenvalue weighted by Crippen LogP contribution is -2.23. The number of hydrogen-bond donors (Lipinski definition) is 2. The molecular formula is C16H22N6O2. The molecule has 24 heavy (non-hydrogen) atoms. The van der Waals surface area contributed by atoms with Crippen LogP contribution >= 0.6 is 0 Å². The molecule has 8 heteroatoms. The zero-order valence-electron chi connectivity index (χ0n) is 13.7. The second kappa shape index (κ2) is 7.29. The number of ether oxygens (including phenoxy) is 1. The van der Waals surface area contributed by atoms with E-state index in [1.54, 1.807) is 13.0 Å². The van der Waals surface area contributed by atoms with Gasteiger partial charge in [-0.05, 0) is 31.9 Å². The van der Waals surface area contributed by atoms with E-state index in [-0.39, 0.29) is 18.0 Å². The Morgan fingerprint density at radius 2 is 2.12 bits per heavy atom. The van der Waals surface area contributed by atoms with E-state index in [2.05, 4.69) is 20.6 Å². The summed E-state index contributed by atoms with van der Waals surface area (Å²) < 4.78 is 6.32. The first-order valence-corrected chi connectivity index (χ1v) is 8.30. The molecule has 3 N–H and O–H groups in total. The summed E-state index contributed by atoms with van der Waals surface area (Å²) in [4.78, 5) is 11.8. The Hall–Kier alpha value is -2.64. The third-order valence-corrected chi connectivity index (χ3v) is 4.13. The molecule has 128 valence electrons. The fourth-order valence-corrected chi connectivity index (χ4v) is 2.88. The Balaban J connectivity index is 1.72. The SMILES string of the molecule is CCOC(=O)c1cnn(-c2ccc(NC3CCCCC3)nn2)c1N. The van der Waals surface area contributed by atoms with Crippen molar-refractivity contribution in [2.75, 3.05) is 17.7 Å². The third-order valence-electron chi connectivity index (χ3n) is 4.13. The summed E-state index contributed by atoms with van der Waals surface area (Å²) >= 11 is 0. The van der Waals surface area contributed by atoms with Gasteiger partial charge in [-0.3, -0.25) is 0 Å². The van der Waals surface area contributed by atoms with Crippen LogP contribution < -0.4 is 11.1 Å². The highest BCUT2D eigenvalue weighted by Gasteiger charge is 2.18. The van der Waals surface area contributed by atoms with Crippen molar-refractivity contribution in [2.45, 2.75) is 45.1 Å². The fourth-order valence-electron chi connectivity index (χ4n) is 2.88. The first-order valence-electron chi connectivity index (χ1n) is 8.30. The minimum atomic E-state index is -0.496. The number of nitrogens with one attached hydrogen (secondary N) is 1.